The predicted octanol–water partition coefficient (Wildman–Crippen LogP) is 3.49. The van der Waals surface area contributed by atoms with Gasteiger partial charge in [-0.15, -0.1) is 0 Å². The fraction of sp³-hybridized carbons (Fsp3) is 0.500. The molecule has 0 aliphatic carbocycles. The molecule has 1 unspecified atom stereocenters. The van der Waals surface area contributed by atoms with Crippen molar-refractivity contribution in [2.24, 2.45) is 5.92 Å². The summed E-state index contributed by atoms with van der Waals surface area (Å²) in [5.41, 5.74) is 0. The molecule has 0 fully saturated rings. The molecule has 0 radical (unpaired) electrons. The zero-order valence-corrected chi connectivity index (χ0v) is 15.6. The quantitative estimate of drug-likeness (QED) is 0.713. The summed E-state index contributed by atoms with van der Waals surface area (Å²) >= 11 is 0. The van der Waals surface area contributed by atoms with E-state index in [2.05, 4.69) is 18.7 Å². The van der Waals surface area contributed by atoms with E-state index in [0.717, 1.165) is 29.6 Å². The van der Waals surface area contributed by atoms with Crippen molar-refractivity contribution in [3.05, 3.63) is 47.9 Å². The van der Waals surface area contributed by atoms with Crippen LogP contribution < -0.4 is 9.47 Å². The zero-order valence-electron chi connectivity index (χ0n) is 15.6. The van der Waals surface area contributed by atoms with Crippen LogP contribution in [0.3, 0.4) is 0 Å². The van der Waals surface area contributed by atoms with Gasteiger partial charge in [-0.3, -0.25) is 4.90 Å². The third kappa shape index (κ3) is 6.80. The fourth-order valence-electron chi connectivity index (χ4n) is 2.73. The minimum atomic E-state index is -0.572. The molecular weight excluding hydrogens is 318 g/mol. The minimum Gasteiger partial charge on any atom is -0.497 e. The Balaban J connectivity index is 1.85. The van der Waals surface area contributed by atoms with Gasteiger partial charge in [0.15, 0.2) is 0 Å². The van der Waals surface area contributed by atoms with Gasteiger partial charge >= 0.3 is 0 Å². The lowest BCUT2D eigenvalue weighted by Crippen LogP contribution is -2.37. The van der Waals surface area contributed by atoms with Crippen molar-refractivity contribution < 1.29 is 19.0 Å². The van der Waals surface area contributed by atoms with Gasteiger partial charge in [0, 0.05) is 13.1 Å². The third-order valence-electron chi connectivity index (χ3n) is 3.77. The maximum absolute atomic E-state index is 10.4. The molecule has 0 aliphatic heterocycles. The van der Waals surface area contributed by atoms with Crippen molar-refractivity contribution in [1.29, 1.82) is 0 Å². The normalized spacial score (nSPS) is 12.6. The van der Waals surface area contributed by atoms with E-state index in [1.54, 1.807) is 7.11 Å². The number of aryl methyl sites for hydroxylation is 1. The highest BCUT2D eigenvalue weighted by molar-refractivity contribution is 5.31. The van der Waals surface area contributed by atoms with Gasteiger partial charge in [-0.25, -0.2) is 0 Å². The first-order chi connectivity index (χ1) is 12.0. The highest BCUT2D eigenvalue weighted by Crippen LogP contribution is 2.17. The second-order valence-electron chi connectivity index (χ2n) is 6.74. The average Bonchev–Trinajstić information content (AvgIpc) is 2.97. The molecule has 0 aliphatic rings. The Bertz CT molecular complexity index is 621. The summed E-state index contributed by atoms with van der Waals surface area (Å²) in [6.07, 6.45) is -0.572. The van der Waals surface area contributed by atoms with Crippen molar-refractivity contribution in [3.8, 4) is 11.5 Å². The second-order valence-corrected chi connectivity index (χ2v) is 6.74. The maximum Gasteiger partial charge on any atom is 0.119 e. The molecule has 5 nitrogen and oxygen atoms in total. The minimum absolute atomic E-state index is 0.248. The summed E-state index contributed by atoms with van der Waals surface area (Å²) in [7, 11) is 1.63. The van der Waals surface area contributed by atoms with Gasteiger partial charge in [0.25, 0.3) is 0 Å². The van der Waals surface area contributed by atoms with Crippen LogP contribution in [0.25, 0.3) is 0 Å². The molecule has 138 valence electrons. The number of ether oxygens (including phenoxy) is 2. The highest BCUT2D eigenvalue weighted by atomic mass is 16.5. The molecule has 1 aromatic carbocycles. The van der Waals surface area contributed by atoms with Crippen LogP contribution in [0.2, 0.25) is 0 Å². The standard InChI is InChI=1S/C20H29NO4/c1-15(2)11-21(13-20-6-5-16(3)25-20)12-17(22)14-24-19-9-7-18(23-4)8-10-19/h5-10,15,17,22H,11-14H2,1-4H3. The van der Waals surface area contributed by atoms with Crippen molar-refractivity contribution in [3.63, 3.8) is 0 Å². The predicted molar refractivity (Wildman–Crippen MR) is 98.1 cm³/mol. The maximum atomic E-state index is 10.4. The zero-order chi connectivity index (χ0) is 18.2. The van der Waals surface area contributed by atoms with Gasteiger partial charge in [-0.1, -0.05) is 13.8 Å². The number of methoxy groups -OCH3 is 1. The van der Waals surface area contributed by atoms with Crippen molar-refractivity contribution in [1.82, 2.24) is 4.90 Å². The van der Waals surface area contributed by atoms with Gasteiger partial charge in [-0.2, -0.15) is 0 Å². The molecule has 0 amide bonds. The van der Waals surface area contributed by atoms with Crippen LogP contribution in [0.4, 0.5) is 0 Å². The Labute approximate surface area is 150 Å². The van der Waals surface area contributed by atoms with Crippen LogP contribution in [0, 0.1) is 12.8 Å². The monoisotopic (exact) mass is 347 g/mol. The van der Waals surface area contributed by atoms with Crippen LogP contribution in [0.5, 0.6) is 11.5 Å². The SMILES string of the molecule is COc1ccc(OCC(O)CN(Cc2ccc(C)o2)CC(C)C)cc1. The lowest BCUT2D eigenvalue weighted by Gasteiger charge is -2.26. The van der Waals surface area contributed by atoms with E-state index in [4.69, 9.17) is 13.9 Å². The van der Waals surface area contributed by atoms with E-state index in [-0.39, 0.29) is 6.61 Å². The first-order valence-corrected chi connectivity index (χ1v) is 8.69. The van der Waals surface area contributed by atoms with E-state index in [1.165, 1.54) is 0 Å². The molecule has 1 heterocycles. The molecule has 5 heteroatoms. The van der Waals surface area contributed by atoms with Crippen LogP contribution in [-0.2, 0) is 6.54 Å². The molecule has 1 aromatic heterocycles. The third-order valence-corrected chi connectivity index (χ3v) is 3.77. The van der Waals surface area contributed by atoms with Crippen molar-refractivity contribution in [2.45, 2.75) is 33.4 Å². The molecule has 0 saturated carbocycles. The van der Waals surface area contributed by atoms with Gasteiger partial charge in [0.05, 0.1) is 13.7 Å². The largest absolute Gasteiger partial charge is 0.497 e. The van der Waals surface area contributed by atoms with E-state index in [1.807, 2.05) is 43.3 Å². The molecule has 25 heavy (non-hydrogen) atoms. The molecule has 1 N–H and O–H groups in total. The van der Waals surface area contributed by atoms with E-state index < -0.39 is 6.10 Å². The Hall–Kier alpha value is -1.98. The Morgan fingerprint density at radius 1 is 1.04 bits per heavy atom. The lowest BCUT2D eigenvalue weighted by molar-refractivity contribution is 0.0590. The van der Waals surface area contributed by atoms with Gasteiger partial charge in [0.2, 0.25) is 0 Å². The number of aliphatic hydroxyl groups excluding tert-OH is 1. The van der Waals surface area contributed by atoms with Crippen LogP contribution in [-0.4, -0.2) is 42.9 Å². The first-order valence-electron chi connectivity index (χ1n) is 8.69. The highest BCUT2D eigenvalue weighted by Gasteiger charge is 2.16. The Kier molecular flexibility index (Phi) is 7.34. The summed E-state index contributed by atoms with van der Waals surface area (Å²) < 4.78 is 16.5. The number of furan rings is 1. The smallest absolute Gasteiger partial charge is 0.119 e. The van der Waals surface area contributed by atoms with Gasteiger partial charge < -0.3 is 19.0 Å². The van der Waals surface area contributed by atoms with Crippen LogP contribution >= 0.6 is 0 Å². The van der Waals surface area contributed by atoms with Crippen molar-refractivity contribution >= 4 is 0 Å². The molecule has 0 spiro atoms. The summed E-state index contributed by atoms with van der Waals surface area (Å²) in [6, 6.07) is 11.3. The molecule has 0 saturated heterocycles. The number of aliphatic hydroxyl groups is 1. The van der Waals surface area contributed by atoms with E-state index in [9.17, 15) is 5.11 Å². The van der Waals surface area contributed by atoms with Crippen LogP contribution in [0.15, 0.2) is 40.8 Å². The molecule has 2 rings (SSSR count). The summed E-state index contributed by atoms with van der Waals surface area (Å²) in [4.78, 5) is 2.20. The lowest BCUT2D eigenvalue weighted by atomic mass is 10.2. The number of benzene rings is 1. The molecule has 2 aromatic rings. The second kappa shape index (κ2) is 9.49. The van der Waals surface area contributed by atoms with Crippen LogP contribution in [0.1, 0.15) is 25.4 Å². The number of hydrogen-bond acceptors (Lipinski definition) is 5. The summed E-state index contributed by atoms with van der Waals surface area (Å²) in [5, 5.41) is 10.4. The van der Waals surface area contributed by atoms with E-state index >= 15 is 0 Å². The number of hydrogen-bond donors (Lipinski definition) is 1. The van der Waals surface area contributed by atoms with E-state index in [0.29, 0.717) is 19.0 Å². The number of rotatable bonds is 10. The molecule has 0 bridgehead atoms. The topological polar surface area (TPSA) is 55.1 Å². The Morgan fingerprint density at radius 2 is 1.72 bits per heavy atom. The Morgan fingerprint density at radius 3 is 2.28 bits per heavy atom. The molecular formula is C20H29NO4. The van der Waals surface area contributed by atoms with Gasteiger partial charge in [0.1, 0.15) is 35.7 Å². The summed E-state index contributed by atoms with van der Waals surface area (Å²) in [5.74, 6) is 3.83. The average molecular weight is 347 g/mol. The van der Waals surface area contributed by atoms with Gasteiger partial charge in [-0.05, 0) is 49.2 Å². The fourth-order valence-corrected chi connectivity index (χ4v) is 2.73. The number of nitrogens with zero attached hydrogens (tertiary/aromatic N) is 1. The first kappa shape index (κ1) is 19.3. The summed E-state index contributed by atoms with van der Waals surface area (Å²) in [6.45, 7) is 8.63. The van der Waals surface area contributed by atoms with Crippen molar-refractivity contribution in [2.75, 3.05) is 26.8 Å². The molecule has 1 atom stereocenters.